The van der Waals surface area contributed by atoms with Gasteiger partial charge in [0.05, 0.1) is 0 Å². The van der Waals surface area contributed by atoms with E-state index in [9.17, 15) is 0 Å². The summed E-state index contributed by atoms with van der Waals surface area (Å²) in [4.78, 5) is 9.53. The molecule has 7 aromatic carbocycles. The molecule has 0 aliphatic rings. The molecule has 252 valence electrons. The van der Waals surface area contributed by atoms with Crippen molar-refractivity contribution in [3.8, 4) is 33.4 Å². The second-order valence-electron chi connectivity index (χ2n) is 14.0. The summed E-state index contributed by atoms with van der Waals surface area (Å²) in [5.41, 5.74) is 18.2. The fraction of sp³-hybridized carbons (Fsp3) is 0. The molecule has 1 N–H and O–H groups in total. The topological polar surface area (TPSA) is 61.7 Å². The lowest BCUT2D eigenvalue weighted by atomic mass is 9.59. The van der Waals surface area contributed by atoms with Crippen molar-refractivity contribution >= 4 is 106 Å². The lowest BCUT2D eigenvalue weighted by molar-refractivity contribution is 0.669. The molecule has 0 fully saturated rings. The monoisotopic (exact) mass is 689 g/mol. The molecule has 1 aromatic heterocycles. The van der Waals surface area contributed by atoms with E-state index >= 15 is 0 Å². The van der Waals surface area contributed by atoms with Crippen LogP contribution in [0, 0.1) is 5.41 Å². The summed E-state index contributed by atoms with van der Waals surface area (Å²) in [6.45, 7) is 0. The SMILES string of the molecule is Bc1c(B)c(B)c(-c2ccc(-c3ccc(-c4ccc5oc6cccc(/C=N/C(=N\C(=N)c7ccccc7)c7ccccc7)c6c5c4)cc3)cc2)c(B)c1B. The summed E-state index contributed by atoms with van der Waals surface area (Å²) in [7, 11) is 11.2. The molecule has 8 aromatic rings. The Bertz CT molecular complexity index is 2730. The number of furan rings is 1. The van der Waals surface area contributed by atoms with Gasteiger partial charge >= 0.3 is 0 Å². The minimum atomic E-state index is 0.156. The third kappa shape index (κ3) is 6.58. The van der Waals surface area contributed by atoms with Crippen LogP contribution in [0.4, 0.5) is 0 Å². The van der Waals surface area contributed by atoms with Crippen LogP contribution in [0.5, 0.6) is 0 Å². The standard InChI is InChI=1S/C45H36B5N3O/c46-39-38(40(47)42(49)43(50)41(39)48)29-20-18-27(19-21-29)26-14-16-28(17-15-26)32-22-23-35-34(24-32)37-33(12-7-13-36(37)54-35)25-52-45(31-10-5-2-6-11-31)53-44(51)30-8-3-1-4-9-30/h1-25,51H,46-50H2/b51-44?,52-25+,53-45-. The summed E-state index contributed by atoms with van der Waals surface area (Å²) in [5.74, 6) is 0.624. The molecule has 9 heteroatoms. The van der Waals surface area contributed by atoms with Gasteiger partial charge in [0.25, 0.3) is 0 Å². The van der Waals surface area contributed by atoms with Crippen molar-refractivity contribution in [2.45, 2.75) is 0 Å². The van der Waals surface area contributed by atoms with Crippen molar-refractivity contribution < 1.29 is 4.42 Å². The van der Waals surface area contributed by atoms with Gasteiger partial charge in [-0.05, 0) is 51.6 Å². The van der Waals surface area contributed by atoms with Gasteiger partial charge in [-0.3, -0.25) is 5.41 Å². The zero-order valence-electron chi connectivity index (χ0n) is 31.2. The van der Waals surface area contributed by atoms with Crippen molar-refractivity contribution in [2.24, 2.45) is 9.98 Å². The fourth-order valence-corrected chi connectivity index (χ4v) is 7.41. The summed E-state index contributed by atoms with van der Waals surface area (Å²) in [5, 5.41) is 10.7. The summed E-state index contributed by atoms with van der Waals surface area (Å²) in [6, 6.07) is 49.5. The Morgan fingerprint density at radius 2 is 1.02 bits per heavy atom. The van der Waals surface area contributed by atoms with Gasteiger partial charge in [0.15, 0.2) is 11.7 Å². The lowest BCUT2D eigenvalue weighted by Gasteiger charge is -2.20. The molecule has 8 rings (SSSR count). The molecule has 0 radical (unpaired) electrons. The van der Waals surface area contributed by atoms with Crippen LogP contribution in [-0.2, 0) is 0 Å². The van der Waals surface area contributed by atoms with E-state index in [1.165, 1.54) is 49.6 Å². The predicted octanol–water partition coefficient (Wildman–Crippen LogP) is 2.77. The smallest absolute Gasteiger partial charge is 0.161 e. The van der Waals surface area contributed by atoms with E-state index < -0.39 is 0 Å². The third-order valence-corrected chi connectivity index (χ3v) is 10.9. The normalized spacial score (nSPS) is 11.8. The van der Waals surface area contributed by atoms with Gasteiger partial charge in [0, 0.05) is 33.7 Å². The average Bonchev–Trinajstić information content (AvgIpc) is 3.60. The maximum Gasteiger partial charge on any atom is 0.161 e. The number of nitrogens with one attached hydrogen (secondary N) is 1. The molecule has 0 aliphatic heterocycles. The minimum absolute atomic E-state index is 0.156. The first kappa shape index (κ1) is 34.7. The number of hydrogen-bond donors (Lipinski definition) is 1. The van der Waals surface area contributed by atoms with Gasteiger partial charge in [-0.2, -0.15) is 0 Å². The van der Waals surface area contributed by atoms with Crippen molar-refractivity contribution in [2.75, 3.05) is 0 Å². The number of aliphatic imine (C=N–C) groups is 2. The number of fused-ring (bicyclic) bond motifs is 3. The molecule has 0 aliphatic carbocycles. The first-order chi connectivity index (χ1) is 26.3. The highest BCUT2D eigenvalue weighted by Gasteiger charge is 2.15. The maximum absolute atomic E-state index is 8.67. The minimum Gasteiger partial charge on any atom is -0.456 e. The van der Waals surface area contributed by atoms with Gasteiger partial charge in [-0.25, -0.2) is 9.98 Å². The van der Waals surface area contributed by atoms with Crippen molar-refractivity contribution in [3.63, 3.8) is 0 Å². The largest absolute Gasteiger partial charge is 0.456 e. The Balaban J connectivity index is 1.10. The Labute approximate surface area is 320 Å². The van der Waals surface area contributed by atoms with E-state index in [1.54, 1.807) is 0 Å². The van der Waals surface area contributed by atoms with Crippen LogP contribution in [0.1, 0.15) is 16.7 Å². The summed E-state index contributed by atoms with van der Waals surface area (Å²) >= 11 is 0. The Kier molecular flexibility index (Phi) is 9.39. The number of amidine groups is 2. The predicted molar refractivity (Wildman–Crippen MR) is 245 cm³/mol. The van der Waals surface area contributed by atoms with Crippen molar-refractivity contribution in [3.05, 3.63) is 162 Å². The zero-order chi connectivity index (χ0) is 37.3. The molecule has 0 saturated carbocycles. The number of benzene rings is 7. The van der Waals surface area contributed by atoms with E-state index in [0.29, 0.717) is 5.84 Å². The molecular formula is C45H36B5N3O. The Morgan fingerprint density at radius 3 is 1.63 bits per heavy atom. The molecule has 0 atom stereocenters. The Morgan fingerprint density at radius 1 is 0.500 bits per heavy atom. The molecule has 0 bridgehead atoms. The first-order valence-corrected chi connectivity index (χ1v) is 18.3. The van der Waals surface area contributed by atoms with Gasteiger partial charge in [-0.1, -0.05) is 138 Å². The second kappa shape index (κ2) is 14.6. The van der Waals surface area contributed by atoms with E-state index in [-0.39, 0.29) is 5.84 Å². The van der Waals surface area contributed by atoms with Gasteiger partial charge in [0.1, 0.15) is 50.4 Å². The van der Waals surface area contributed by atoms with E-state index in [4.69, 9.17) is 14.8 Å². The fourth-order valence-electron chi connectivity index (χ4n) is 7.41. The van der Waals surface area contributed by atoms with Gasteiger partial charge in [-0.15, -0.1) is 16.4 Å². The summed E-state index contributed by atoms with van der Waals surface area (Å²) < 4.78 is 6.32. The van der Waals surface area contributed by atoms with Crippen LogP contribution in [0.2, 0.25) is 0 Å². The quantitative estimate of drug-likeness (QED) is 0.163. The van der Waals surface area contributed by atoms with E-state index in [0.717, 1.165) is 49.8 Å². The molecule has 0 saturated heterocycles. The maximum atomic E-state index is 8.67. The number of nitrogens with zero attached hydrogens (tertiary/aromatic N) is 2. The van der Waals surface area contributed by atoms with Crippen LogP contribution in [0.15, 0.2) is 160 Å². The second-order valence-corrected chi connectivity index (χ2v) is 14.0. The average molecular weight is 689 g/mol. The molecule has 4 nitrogen and oxygen atoms in total. The van der Waals surface area contributed by atoms with Gasteiger partial charge in [0.2, 0.25) is 0 Å². The third-order valence-electron chi connectivity index (χ3n) is 10.9. The van der Waals surface area contributed by atoms with Gasteiger partial charge < -0.3 is 4.42 Å². The highest BCUT2D eigenvalue weighted by Crippen LogP contribution is 2.35. The molecule has 0 unspecified atom stereocenters. The van der Waals surface area contributed by atoms with Crippen LogP contribution in [-0.4, -0.2) is 57.1 Å². The molecule has 1 heterocycles. The van der Waals surface area contributed by atoms with Crippen molar-refractivity contribution in [1.82, 2.24) is 0 Å². The number of rotatable bonds is 6. The molecule has 0 spiro atoms. The zero-order valence-corrected chi connectivity index (χ0v) is 31.2. The highest BCUT2D eigenvalue weighted by molar-refractivity contribution is 6.68. The lowest BCUT2D eigenvalue weighted by Crippen LogP contribution is -2.55. The van der Waals surface area contributed by atoms with E-state index in [2.05, 4.69) is 111 Å². The van der Waals surface area contributed by atoms with Crippen molar-refractivity contribution in [1.29, 1.82) is 5.41 Å². The molecular weight excluding hydrogens is 653 g/mol. The molecule has 54 heavy (non-hydrogen) atoms. The summed E-state index contributed by atoms with van der Waals surface area (Å²) in [6.07, 6.45) is 1.83. The van der Waals surface area contributed by atoms with Crippen LogP contribution >= 0.6 is 0 Å². The van der Waals surface area contributed by atoms with Crippen LogP contribution in [0.25, 0.3) is 55.3 Å². The van der Waals surface area contributed by atoms with Crippen LogP contribution < -0.4 is 27.3 Å². The van der Waals surface area contributed by atoms with Crippen LogP contribution in [0.3, 0.4) is 0 Å². The Hall–Kier alpha value is -6.33. The number of hydrogen-bond acceptors (Lipinski definition) is 2. The van der Waals surface area contributed by atoms with E-state index in [1.807, 2.05) is 85.1 Å². The highest BCUT2D eigenvalue weighted by atomic mass is 16.3. The first-order valence-electron chi connectivity index (χ1n) is 18.3. The molecule has 0 amide bonds.